The molecule has 2 atom stereocenters. The number of hydrogen-bond acceptors (Lipinski definition) is 6. The summed E-state index contributed by atoms with van der Waals surface area (Å²) < 4.78 is 5.45. The van der Waals surface area contributed by atoms with E-state index in [1.807, 2.05) is 36.4 Å². The monoisotopic (exact) mass is 420 g/mol. The fourth-order valence-corrected chi connectivity index (χ4v) is 3.68. The van der Waals surface area contributed by atoms with Crippen molar-refractivity contribution in [2.75, 3.05) is 6.54 Å². The van der Waals surface area contributed by atoms with E-state index in [1.165, 1.54) is 18.4 Å². The molecule has 7 nitrogen and oxygen atoms in total. The van der Waals surface area contributed by atoms with E-state index in [0.29, 0.717) is 31.2 Å². The van der Waals surface area contributed by atoms with Crippen molar-refractivity contribution in [3.63, 3.8) is 0 Å². The van der Waals surface area contributed by atoms with Gasteiger partial charge in [-0.25, -0.2) is 0 Å². The predicted octanol–water partition coefficient (Wildman–Crippen LogP) is 3.09. The number of nitrogens with zero attached hydrogens (tertiary/aromatic N) is 2. The van der Waals surface area contributed by atoms with E-state index >= 15 is 0 Å². The van der Waals surface area contributed by atoms with Gasteiger partial charge in [-0.1, -0.05) is 54.9 Å². The van der Waals surface area contributed by atoms with Crippen LogP contribution in [0.25, 0.3) is 22.8 Å². The molecule has 2 aromatic carbocycles. The number of carbonyl (C=O) groups excluding carboxylic acids is 1. The Morgan fingerprint density at radius 3 is 2.52 bits per heavy atom. The lowest BCUT2D eigenvalue weighted by Crippen LogP contribution is -2.45. The quantitative estimate of drug-likeness (QED) is 0.518. The van der Waals surface area contributed by atoms with Crippen LogP contribution in [0.15, 0.2) is 53.1 Å². The summed E-state index contributed by atoms with van der Waals surface area (Å²) in [5, 5.41) is 19.8. The molecule has 2 heterocycles. The zero-order valence-corrected chi connectivity index (χ0v) is 17.7. The number of aliphatic hydroxyl groups excluding tert-OH is 1. The van der Waals surface area contributed by atoms with Gasteiger partial charge < -0.3 is 20.3 Å². The van der Waals surface area contributed by atoms with E-state index in [9.17, 15) is 9.90 Å². The van der Waals surface area contributed by atoms with Crippen molar-refractivity contribution in [3.8, 4) is 22.8 Å². The molecule has 1 aliphatic heterocycles. The Morgan fingerprint density at radius 2 is 1.84 bits per heavy atom. The minimum atomic E-state index is -0.623. The number of amides is 1. The Balaban J connectivity index is 1.36. The molecular formula is C24H28N4O3. The van der Waals surface area contributed by atoms with Crippen LogP contribution in [0.1, 0.15) is 37.3 Å². The molecule has 0 radical (unpaired) electrons. The Bertz CT molecular complexity index is 998. The molecule has 1 amide bonds. The van der Waals surface area contributed by atoms with Crippen LogP contribution in [0.5, 0.6) is 0 Å². The lowest BCUT2D eigenvalue weighted by atomic mass is 10.1. The van der Waals surface area contributed by atoms with Gasteiger partial charge in [-0.15, -0.1) is 0 Å². The van der Waals surface area contributed by atoms with Crippen LogP contribution in [0.2, 0.25) is 0 Å². The number of carbonyl (C=O) groups is 1. The maximum atomic E-state index is 12.2. The van der Waals surface area contributed by atoms with Gasteiger partial charge >= 0.3 is 0 Å². The first kappa shape index (κ1) is 21.2. The summed E-state index contributed by atoms with van der Waals surface area (Å²) in [6, 6.07) is 15.4. The van der Waals surface area contributed by atoms with Crippen molar-refractivity contribution >= 4 is 5.91 Å². The molecule has 1 aromatic heterocycles. The van der Waals surface area contributed by atoms with E-state index in [4.69, 9.17) is 4.52 Å². The van der Waals surface area contributed by atoms with E-state index < -0.39 is 12.1 Å². The molecule has 4 rings (SSSR count). The van der Waals surface area contributed by atoms with Crippen molar-refractivity contribution in [2.24, 2.45) is 0 Å². The summed E-state index contributed by atoms with van der Waals surface area (Å²) in [6.07, 6.45) is 3.42. The molecule has 7 heteroatoms. The summed E-state index contributed by atoms with van der Waals surface area (Å²) >= 11 is 0. The summed E-state index contributed by atoms with van der Waals surface area (Å²) in [7, 11) is 0. The smallest absolute Gasteiger partial charge is 0.258 e. The Labute approximate surface area is 181 Å². The molecule has 0 saturated carbocycles. The van der Waals surface area contributed by atoms with Crippen molar-refractivity contribution in [1.29, 1.82) is 0 Å². The number of aliphatic hydroxyl groups is 1. The number of hydrogen-bond donors (Lipinski definition) is 3. The van der Waals surface area contributed by atoms with E-state index in [0.717, 1.165) is 23.1 Å². The second kappa shape index (κ2) is 9.85. The third kappa shape index (κ3) is 5.18. The van der Waals surface area contributed by atoms with Gasteiger partial charge in [0.2, 0.25) is 11.7 Å². The highest BCUT2D eigenvalue weighted by Crippen LogP contribution is 2.23. The van der Waals surface area contributed by atoms with Crippen LogP contribution >= 0.6 is 0 Å². The fourth-order valence-electron chi connectivity index (χ4n) is 3.68. The van der Waals surface area contributed by atoms with Crippen LogP contribution in [0.4, 0.5) is 0 Å². The predicted molar refractivity (Wildman–Crippen MR) is 118 cm³/mol. The Morgan fingerprint density at radius 1 is 1.13 bits per heavy atom. The molecular weight excluding hydrogens is 392 g/mol. The maximum absolute atomic E-state index is 12.2. The summed E-state index contributed by atoms with van der Waals surface area (Å²) in [5.41, 5.74) is 4.01. The standard InChI is InChI=1S/C24H28N4O3/c1-2-3-4-16-5-11-19(12-6-16)24-27-22(28-31-24)18-9-7-17(8-10-18)15-26-23(30)21-20(29)13-14-25-21/h5-12,20-21,25,29H,2-4,13-15H2,1H3,(H,26,30). The molecule has 31 heavy (non-hydrogen) atoms. The molecule has 1 saturated heterocycles. The highest BCUT2D eigenvalue weighted by Gasteiger charge is 2.30. The molecule has 162 valence electrons. The summed E-state index contributed by atoms with van der Waals surface area (Å²) in [4.78, 5) is 16.7. The summed E-state index contributed by atoms with van der Waals surface area (Å²) in [5.74, 6) is 0.840. The third-order valence-electron chi connectivity index (χ3n) is 5.60. The molecule has 0 bridgehead atoms. The number of benzene rings is 2. The van der Waals surface area contributed by atoms with E-state index in [-0.39, 0.29) is 5.91 Å². The first-order valence-electron chi connectivity index (χ1n) is 10.9. The molecule has 0 aliphatic carbocycles. The van der Waals surface area contributed by atoms with Crippen molar-refractivity contribution in [3.05, 3.63) is 59.7 Å². The van der Waals surface area contributed by atoms with Gasteiger partial charge in [0.15, 0.2) is 0 Å². The van der Waals surface area contributed by atoms with Gasteiger partial charge in [0.1, 0.15) is 6.04 Å². The highest BCUT2D eigenvalue weighted by atomic mass is 16.5. The van der Waals surface area contributed by atoms with E-state index in [1.54, 1.807) is 0 Å². The largest absolute Gasteiger partial charge is 0.391 e. The first-order chi connectivity index (χ1) is 15.1. The number of nitrogens with one attached hydrogen (secondary N) is 2. The summed E-state index contributed by atoms with van der Waals surface area (Å²) in [6.45, 7) is 3.24. The van der Waals surface area contributed by atoms with Gasteiger partial charge in [0.25, 0.3) is 5.89 Å². The maximum Gasteiger partial charge on any atom is 0.258 e. The van der Waals surface area contributed by atoms with Crippen molar-refractivity contribution in [1.82, 2.24) is 20.8 Å². The third-order valence-corrected chi connectivity index (χ3v) is 5.60. The first-order valence-corrected chi connectivity index (χ1v) is 10.9. The van der Waals surface area contributed by atoms with Gasteiger partial charge in [-0.05, 0) is 49.1 Å². The normalized spacial score (nSPS) is 18.3. The van der Waals surface area contributed by atoms with Crippen molar-refractivity contribution in [2.45, 2.75) is 51.3 Å². The second-order valence-electron chi connectivity index (χ2n) is 7.93. The number of rotatable bonds is 8. The minimum Gasteiger partial charge on any atom is -0.391 e. The number of aryl methyl sites for hydroxylation is 1. The number of unbranched alkanes of at least 4 members (excludes halogenated alkanes) is 1. The van der Waals surface area contributed by atoms with Crippen LogP contribution in [0, 0.1) is 0 Å². The SMILES string of the molecule is CCCCc1ccc(-c2nc(-c3ccc(CNC(=O)C4NCCC4O)cc3)no2)cc1. The van der Waals surface area contributed by atoms with Crippen molar-refractivity contribution < 1.29 is 14.4 Å². The second-order valence-corrected chi connectivity index (χ2v) is 7.93. The van der Waals surface area contributed by atoms with Gasteiger partial charge in [-0.2, -0.15) is 4.98 Å². The molecule has 1 fully saturated rings. The van der Waals surface area contributed by atoms with Crippen LogP contribution in [-0.4, -0.2) is 39.8 Å². The minimum absolute atomic E-state index is 0.183. The molecule has 2 unspecified atom stereocenters. The zero-order chi connectivity index (χ0) is 21.6. The van der Waals surface area contributed by atoms with Crippen LogP contribution in [-0.2, 0) is 17.8 Å². The zero-order valence-electron chi connectivity index (χ0n) is 17.7. The average molecular weight is 421 g/mol. The number of aromatic nitrogens is 2. The molecule has 3 N–H and O–H groups in total. The highest BCUT2D eigenvalue weighted by molar-refractivity contribution is 5.82. The lowest BCUT2D eigenvalue weighted by molar-refractivity contribution is -0.124. The average Bonchev–Trinajstić information content (AvgIpc) is 3.46. The Kier molecular flexibility index (Phi) is 6.74. The molecule has 1 aliphatic rings. The molecule has 0 spiro atoms. The van der Waals surface area contributed by atoms with Gasteiger partial charge in [0.05, 0.1) is 6.10 Å². The van der Waals surface area contributed by atoms with E-state index in [2.05, 4.69) is 39.8 Å². The van der Waals surface area contributed by atoms with Crippen LogP contribution < -0.4 is 10.6 Å². The van der Waals surface area contributed by atoms with Gasteiger partial charge in [-0.3, -0.25) is 4.79 Å². The van der Waals surface area contributed by atoms with Gasteiger partial charge in [0, 0.05) is 17.7 Å². The molecule has 3 aromatic rings. The van der Waals surface area contributed by atoms with Crippen LogP contribution in [0.3, 0.4) is 0 Å². The lowest BCUT2D eigenvalue weighted by Gasteiger charge is -2.14. The topological polar surface area (TPSA) is 100 Å². The fraction of sp³-hybridized carbons (Fsp3) is 0.375. The Hall–Kier alpha value is -3.03.